The summed E-state index contributed by atoms with van der Waals surface area (Å²) in [6, 6.07) is 7.74. The van der Waals surface area contributed by atoms with Gasteiger partial charge >= 0.3 is 0 Å². The Balaban J connectivity index is 0.00000200. The molecule has 1 aromatic rings. The molecule has 0 bridgehead atoms. The maximum atomic E-state index is 11.8. The molecule has 0 radical (unpaired) electrons. The van der Waals surface area contributed by atoms with Crippen LogP contribution in [0.2, 0.25) is 0 Å². The summed E-state index contributed by atoms with van der Waals surface area (Å²) in [7, 11) is 1.64. The lowest BCUT2D eigenvalue weighted by Crippen LogP contribution is -2.47. The fourth-order valence-electron chi connectivity index (χ4n) is 2.11. The molecule has 0 spiro atoms. The number of benzene rings is 1. The lowest BCUT2D eigenvalue weighted by Gasteiger charge is -2.26. The Morgan fingerprint density at radius 2 is 2.15 bits per heavy atom. The summed E-state index contributed by atoms with van der Waals surface area (Å²) in [5.74, 6) is 0.888. The third kappa shape index (κ3) is 5.36. The second-order valence-electron chi connectivity index (χ2n) is 4.65. The van der Waals surface area contributed by atoms with Gasteiger partial charge in [0.05, 0.1) is 13.7 Å². The molecule has 1 heterocycles. The first-order valence-electron chi connectivity index (χ1n) is 6.60. The molecule has 1 aliphatic heterocycles. The van der Waals surface area contributed by atoms with Crippen LogP contribution in [0.25, 0.3) is 0 Å². The van der Waals surface area contributed by atoms with E-state index in [0.717, 1.165) is 37.5 Å². The molecule has 2 N–H and O–H groups in total. The second-order valence-corrected chi connectivity index (χ2v) is 4.65. The van der Waals surface area contributed by atoms with E-state index in [2.05, 4.69) is 15.5 Å². The van der Waals surface area contributed by atoms with E-state index in [0.29, 0.717) is 13.1 Å². The molecule has 20 heavy (non-hydrogen) atoms. The van der Waals surface area contributed by atoms with E-state index in [9.17, 15) is 4.79 Å². The molecule has 2 rings (SSSR count). The zero-order valence-corrected chi connectivity index (χ0v) is 12.5. The van der Waals surface area contributed by atoms with Crippen LogP contribution in [0.3, 0.4) is 0 Å². The highest BCUT2D eigenvalue weighted by atomic mass is 35.5. The average Bonchev–Trinajstić information content (AvgIpc) is 2.46. The first-order chi connectivity index (χ1) is 9.28. The zero-order chi connectivity index (χ0) is 13.5. The van der Waals surface area contributed by atoms with E-state index < -0.39 is 0 Å². The van der Waals surface area contributed by atoms with Crippen molar-refractivity contribution in [2.75, 3.05) is 39.8 Å². The number of hydrogen-bond acceptors (Lipinski definition) is 4. The summed E-state index contributed by atoms with van der Waals surface area (Å²) in [6.07, 6.45) is 0. The van der Waals surface area contributed by atoms with Crippen LogP contribution in [0.15, 0.2) is 24.3 Å². The van der Waals surface area contributed by atoms with Crippen molar-refractivity contribution in [2.24, 2.45) is 0 Å². The number of halogens is 1. The van der Waals surface area contributed by atoms with Crippen LogP contribution in [0.4, 0.5) is 0 Å². The molecule has 0 atom stereocenters. The molecular weight excluding hydrogens is 278 g/mol. The van der Waals surface area contributed by atoms with Gasteiger partial charge < -0.3 is 15.4 Å². The monoisotopic (exact) mass is 299 g/mol. The molecular formula is C14H22ClN3O2. The quantitative estimate of drug-likeness (QED) is 0.838. The number of carbonyl (C=O) groups is 1. The Hall–Kier alpha value is -1.30. The van der Waals surface area contributed by atoms with Crippen LogP contribution < -0.4 is 15.4 Å². The van der Waals surface area contributed by atoms with Gasteiger partial charge in [-0.2, -0.15) is 0 Å². The van der Waals surface area contributed by atoms with Crippen LogP contribution >= 0.6 is 12.4 Å². The van der Waals surface area contributed by atoms with E-state index in [1.54, 1.807) is 7.11 Å². The van der Waals surface area contributed by atoms with E-state index in [1.807, 2.05) is 24.3 Å². The largest absolute Gasteiger partial charge is 0.497 e. The standard InChI is InChI=1S/C14H21N3O2.ClH/c1-19-13-4-2-3-12(9-13)10-16-14(18)11-17-7-5-15-6-8-17;/h2-4,9,15H,5-8,10-11H2,1H3,(H,16,18);1H. The second kappa shape index (κ2) is 8.79. The molecule has 1 fully saturated rings. The van der Waals surface area contributed by atoms with Crippen LogP contribution in [0.5, 0.6) is 5.75 Å². The smallest absolute Gasteiger partial charge is 0.234 e. The fraction of sp³-hybridized carbons (Fsp3) is 0.500. The van der Waals surface area contributed by atoms with Crippen molar-refractivity contribution < 1.29 is 9.53 Å². The van der Waals surface area contributed by atoms with Crippen molar-refractivity contribution in [2.45, 2.75) is 6.54 Å². The van der Waals surface area contributed by atoms with Crippen molar-refractivity contribution in [3.05, 3.63) is 29.8 Å². The topological polar surface area (TPSA) is 53.6 Å². The molecule has 1 saturated heterocycles. The summed E-state index contributed by atoms with van der Waals surface area (Å²) in [4.78, 5) is 14.0. The molecule has 0 unspecified atom stereocenters. The minimum atomic E-state index is 0. The van der Waals surface area contributed by atoms with E-state index >= 15 is 0 Å². The van der Waals surface area contributed by atoms with Crippen LogP contribution in [-0.4, -0.2) is 50.6 Å². The Kier molecular flexibility index (Phi) is 7.36. The minimum absolute atomic E-state index is 0. The summed E-state index contributed by atoms with van der Waals surface area (Å²) < 4.78 is 5.16. The number of carbonyl (C=O) groups excluding carboxylic acids is 1. The third-order valence-corrected chi connectivity index (χ3v) is 3.20. The predicted octanol–water partition coefficient (Wildman–Crippen LogP) is 0.638. The van der Waals surface area contributed by atoms with Crippen LogP contribution in [0, 0.1) is 0 Å². The van der Waals surface area contributed by atoms with Crippen molar-refractivity contribution in [1.82, 2.24) is 15.5 Å². The molecule has 112 valence electrons. The highest BCUT2D eigenvalue weighted by molar-refractivity contribution is 5.85. The number of hydrogen-bond donors (Lipinski definition) is 2. The molecule has 0 aromatic heterocycles. The lowest BCUT2D eigenvalue weighted by atomic mass is 10.2. The van der Waals surface area contributed by atoms with Gasteiger partial charge in [-0.15, -0.1) is 12.4 Å². The number of rotatable bonds is 5. The Labute approximate surface area is 126 Å². The molecule has 1 aromatic carbocycles. The predicted molar refractivity (Wildman–Crippen MR) is 81.4 cm³/mol. The number of ether oxygens (including phenoxy) is 1. The van der Waals surface area contributed by atoms with Gasteiger partial charge in [0.2, 0.25) is 5.91 Å². The Morgan fingerprint density at radius 1 is 1.40 bits per heavy atom. The number of methoxy groups -OCH3 is 1. The third-order valence-electron chi connectivity index (χ3n) is 3.20. The SMILES string of the molecule is COc1cccc(CNC(=O)CN2CCNCC2)c1.Cl. The van der Waals surface area contributed by atoms with Gasteiger partial charge in [0.25, 0.3) is 0 Å². The summed E-state index contributed by atoms with van der Waals surface area (Å²) in [5.41, 5.74) is 1.05. The molecule has 1 amide bonds. The Morgan fingerprint density at radius 3 is 2.85 bits per heavy atom. The maximum absolute atomic E-state index is 11.8. The summed E-state index contributed by atoms with van der Waals surface area (Å²) in [6.45, 7) is 4.82. The normalized spacial score (nSPS) is 15.2. The number of nitrogens with zero attached hydrogens (tertiary/aromatic N) is 1. The Bertz CT molecular complexity index is 423. The molecule has 1 aliphatic rings. The molecule has 0 aliphatic carbocycles. The number of piperazine rings is 1. The molecule has 6 heteroatoms. The van der Waals surface area contributed by atoms with Crippen LogP contribution in [-0.2, 0) is 11.3 Å². The van der Waals surface area contributed by atoms with E-state index in [4.69, 9.17) is 4.74 Å². The summed E-state index contributed by atoms with van der Waals surface area (Å²) in [5, 5.41) is 6.21. The highest BCUT2D eigenvalue weighted by Gasteiger charge is 2.12. The van der Waals surface area contributed by atoms with Gasteiger partial charge in [-0.25, -0.2) is 0 Å². The highest BCUT2D eigenvalue weighted by Crippen LogP contribution is 2.12. The van der Waals surface area contributed by atoms with Crippen molar-refractivity contribution in [3.8, 4) is 5.75 Å². The molecule has 5 nitrogen and oxygen atoms in total. The van der Waals surface area contributed by atoms with Gasteiger partial charge in [-0.3, -0.25) is 9.69 Å². The van der Waals surface area contributed by atoms with Gasteiger partial charge in [-0.1, -0.05) is 12.1 Å². The van der Waals surface area contributed by atoms with Gasteiger partial charge in [0.15, 0.2) is 0 Å². The lowest BCUT2D eigenvalue weighted by molar-refractivity contribution is -0.122. The van der Waals surface area contributed by atoms with Crippen LogP contribution in [0.1, 0.15) is 5.56 Å². The number of nitrogens with one attached hydrogen (secondary N) is 2. The van der Waals surface area contributed by atoms with Gasteiger partial charge in [0.1, 0.15) is 5.75 Å². The van der Waals surface area contributed by atoms with Crippen molar-refractivity contribution in [1.29, 1.82) is 0 Å². The first-order valence-corrected chi connectivity index (χ1v) is 6.60. The number of amides is 1. The molecule has 0 saturated carbocycles. The zero-order valence-electron chi connectivity index (χ0n) is 11.7. The first kappa shape index (κ1) is 16.8. The van der Waals surface area contributed by atoms with Gasteiger partial charge in [0, 0.05) is 32.7 Å². The van der Waals surface area contributed by atoms with Crippen molar-refractivity contribution >= 4 is 18.3 Å². The van der Waals surface area contributed by atoms with E-state index in [-0.39, 0.29) is 18.3 Å². The van der Waals surface area contributed by atoms with Crippen molar-refractivity contribution in [3.63, 3.8) is 0 Å². The summed E-state index contributed by atoms with van der Waals surface area (Å²) >= 11 is 0. The minimum Gasteiger partial charge on any atom is -0.497 e. The average molecular weight is 300 g/mol. The van der Waals surface area contributed by atoms with Gasteiger partial charge in [-0.05, 0) is 17.7 Å². The maximum Gasteiger partial charge on any atom is 0.234 e. The fourth-order valence-corrected chi connectivity index (χ4v) is 2.11. The van der Waals surface area contributed by atoms with E-state index in [1.165, 1.54) is 0 Å².